The number of alkyl halides is 3. The van der Waals surface area contributed by atoms with Crippen molar-refractivity contribution >= 4 is 45.8 Å². The van der Waals surface area contributed by atoms with E-state index in [-0.39, 0.29) is 23.0 Å². The Hall–Kier alpha value is -1.29. The topological polar surface area (TPSA) is 46.9 Å². The molecule has 4 nitrogen and oxygen atoms in total. The van der Waals surface area contributed by atoms with Crippen LogP contribution in [0.25, 0.3) is 0 Å². The lowest BCUT2D eigenvalue weighted by atomic mass is 10.2. The predicted octanol–water partition coefficient (Wildman–Crippen LogP) is 4.19. The van der Waals surface area contributed by atoms with Gasteiger partial charge in [0.05, 0.1) is 26.0 Å². The van der Waals surface area contributed by atoms with Crippen molar-refractivity contribution in [2.45, 2.75) is 19.1 Å². The van der Waals surface area contributed by atoms with Gasteiger partial charge in [0.2, 0.25) is 5.91 Å². The molecule has 0 aliphatic carbocycles. The molecular formula is C13H10ClF3IN3O. The molecule has 1 aromatic carbocycles. The van der Waals surface area contributed by atoms with E-state index < -0.39 is 11.7 Å². The molecule has 2 aromatic rings. The number of aryl methyl sites for hydroxylation is 1. The van der Waals surface area contributed by atoms with Crippen LogP contribution < -0.4 is 5.32 Å². The lowest BCUT2D eigenvalue weighted by molar-refractivity contribution is -0.137. The molecule has 0 aliphatic heterocycles. The van der Waals surface area contributed by atoms with Gasteiger partial charge in [0.25, 0.3) is 0 Å². The van der Waals surface area contributed by atoms with Gasteiger partial charge >= 0.3 is 6.18 Å². The van der Waals surface area contributed by atoms with Crippen molar-refractivity contribution in [3.8, 4) is 0 Å². The summed E-state index contributed by atoms with van der Waals surface area (Å²) >= 11 is 7.86. The number of halogens is 5. The molecule has 0 spiro atoms. The van der Waals surface area contributed by atoms with Crippen molar-refractivity contribution in [3.63, 3.8) is 0 Å². The summed E-state index contributed by atoms with van der Waals surface area (Å²) in [5, 5.41) is 6.36. The van der Waals surface area contributed by atoms with Gasteiger partial charge in [-0.2, -0.15) is 18.3 Å². The minimum Gasteiger partial charge on any atom is -0.325 e. The lowest BCUT2D eigenvalue weighted by Gasteiger charge is -2.11. The molecule has 0 unspecified atom stereocenters. The van der Waals surface area contributed by atoms with Crippen molar-refractivity contribution in [1.29, 1.82) is 0 Å². The number of hydrogen-bond acceptors (Lipinski definition) is 2. The first-order valence-electron chi connectivity index (χ1n) is 6.10. The Kier molecular flexibility index (Phi) is 5.32. The fourth-order valence-corrected chi connectivity index (χ4v) is 2.36. The van der Waals surface area contributed by atoms with Crippen LogP contribution in [0.2, 0.25) is 5.02 Å². The van der Waals surface area contributed by atoms with Crippen molar-refractivity contribution in [3.05, 3.63) is 44.7 Å². The molecule has 0 bridgehead atoms. The number of amides is 1. The third-order valence-corrected chi connectivity index (χ3v) is 3.61. The van der Waals surface area contributed by atoms with Crippen molar-refractivity contribution in [2.24, 2.45) is 0 Å². The molecule has 0 radical (unpaired) electrons. The maximum absolute atomic E-state index is 12.5. The van der Waals surface area contributed by atoms with E-state index in [1.165, 1.54) is 0 Å². The third kappa shape index (κ3) is 4.60. The number of nitrogens with one attached hydrogen (secondary N) is 1. The molecule has 1 N–H and O–H groups in total. The SMILES string of the molecule is O=C(CCn1cc(I)cn1)Nc1ccc(C(F)(F)F)cc1Cl. The number of aromatic nitrogens is 2. The second kappa shape index (κ2) is 6.86. The van der Waals surface area contributed by atoms with E-state index in [1.54, 1.807) is 17.1 Å². The number of anilines is 1. The van der Waals surface area contributed by atoms with Crippen LogP contribution in [-0.4, -0.2) is 15.7 Å². The molecule has 0 atom stereocenters. The molecule has 22 heavy (non-hydrogen) atoms. The Morgan fingerprint density at radius 3 is 2.68 bits per heavy atom. The first kappa shape index (κ1) is 17.1. The molecule has 0 saturated carbocycles. The van der Waals surface area contributed by atoms with E-state index in [2.05, 4.69) is 33.0 Å². The molecule has 1 aromatic heterocycles. The van der Waals surface area contributed by atoms with Gasteiger partial charge in [-0.25, -0.2) is 0 Å². The third-order valence-electron chi connectivity index (χ3n) is 2.74. The van der Waals surface area contributed by atoms with Gasteiger partial charge in [-0.05, 0) is 40.8 Å². The van der Waals surface area contributed by atoms with Gasteiger partial charge < -0.3 is 5.32 Å². The minimum atomic E-state index is -4.47. The van der Waals surface area contributed by atoms with Gasteiger partial charge in [-0.3, -0.25) is 9.48 Å². The van der Waals surface area contributed by atoms with Gasteiger partial charge in [0.1, 0.15) is 0 Å². The van der Waals surface area contributed by atoms with Crippen LogP contribution >= 0.6 is 34.2 Å². The second-order valence-electron chi connectivity index (χ2n) is 4.41. The Morgan fingerprint density at radius 2 is 2.14 bits per heavy atom. The standard InChI is InChI=1S/C13H10ClF3IN3O/c14-10-5-8(13(15,16)17)1-2-11(10)20-12(22)3-4-21-7-9(18)6-19-21/h1-2,5-7H,3-4H2,(H,20,22). The van der Waals surface area contributed by atoms with Crippen molar-refractivity contribution in [2.75, 3.05) is 5.32 Å². The molecule has 0 fully saturated rings. The molecule has 1 heterocycles. The number of carbonyl (C=O) groups excluding carboxylic acids is 1. The Labute approximate surface area is 142 Å². The zero-order valence-electron chi connectivity index (χ0n) is 11.0. The highest BCUT2D eigenvalue weighted by atomic mass is 127. The normalized spacial score (nSPS) is 11.5. The van der Waals surface area contributed by atoms with E-state index in [9.17, 15) is 18.0 Å². The largest absolute Gasteiger partial charge is 0.416 e. The Balaban J connectivity index is 1.96. The summed E-state index contributed by atoms with van der Waals surface area (Å²) in [7, 11) is 0. The van der Waals surface area contributed by atoms with Crippen LogP contribution in [0.1, 0.15) is 12.0 Å². The second-order valence-corrected chi connectivity index (χ2v) is 6.07. The summed E-state index contributed by atoms with van der Waals surface area (Å²) in [5.74, 6) is -0.354. The fraction of sp³-hybridized carbons (Fsp3) is 0.231. The van der Waals surface area contributed by atoms with Crippen LogP contribution in [0.15, 0.2) is 30.6 Å². The van der Waals surface area contributed by atoms with Gasteiger partial charge in [-0.1, -0.05) is 11.6 Å². The molecule has 9 heteroatoms. The van der Waals surface area contributed by atoms with E-state index >= 15 is 0 Å². The summed E-state index contributed by atoms with van der Waals surface area (Å²) in [4.78, 5) is 11.8. The first-order valence-corrected chi connectivity index (χ1v) is 7.56. The highest BCUT2D eigenvalue weighted by Crippen LogP contribution is 2.33. The maximum Gasteiger partial charge on any atom is 0.416 e. The molecule has 1 amide bonds. The Bertz CT molecular complexity index is 687. The predicted molar refractivity (Wildman–Crippen MR) is 84.6 cm³/mol. The molecule has 0 aliphatic rings. The number of carbonyl (C=O) groups is 1. The zero-order chi connectivity index (χ0) is 16.3. The van der Waals surface area contributed by atoms with Crippen LogP contribution in [-0.2, 0) is 17.5 Å². The quantitative estimate of drug-likeness (QED) is 0.721. The highest BCUT2D eigenvalue weighted by molar-refractivity contribution is 14.1. The van der Waals surface area contributed by atoms with Crippen LogP contribution in [0, 0.1) is 3.57 Å². The summed E-state index contributed by atoms with van der Waals surface area (Å²) < 4.78 is 40.1. The zero-order valence-corrected chi connectivity index (χ0v) is 13.9. The average molecular weight is 444 g/mol. The van der Waals surface area contributed by atoms with Crippen molar-refractivity contribution < 1.29 is 18.0 Å². The molecule has 0 saturated heterocycles. The number of hydrogen-bond donors (Lipinski definition) is 1. The lowest BCUT2D eigenvalue weighted by Crippen LogP contribution is -2.15. The molecular weight excluding hydrogens is 434 g/mol. The van der Waals surface area contributed by atoms with Crippen LogP contribution in [0.4, 0.5) is 18.9 Å². The van der Waals surface area contributed by atoms with E-state index in [4.69, 9.17) is 11.6 Å². The van der Waals surface area contributed by atoms with Gasteiger partial charge in [0.15, 0.2) is 0 Å². The summed E-state index contributed by atoms with van der Waals surface area (Å²) in [6.07, 6.45) is -0.900. The van der Waals surface area contributed by atoms with E-state index in [0.29, 0.717) is 6.54 Å². The number of rotatable bonds is 4. The summed E-state index contributed by atoms with van der Waals surface area (Å²) in [5.41, 5.74) is -0.712. The average Bonchev–Trinajstić information content (AvgIpc) is 2.83. The monoisotopic (exact) mass is 443 g/mol. The summed E-state index contributed by atoms with van der Waals surface area (Å²) in [6.45, 7) is 0.368. The van der Waals surface area contributed by atoms with Gasteiger partial charge in [-0.15, -0.1) is 0 Å². The minimum absolute atomic E-state index is 0.134. The smallest absolute Gasteiger partial charge is 0.325 e. The van der Waals surface area contributed by atoms with Gasteiger partial charge in [0, 0.05) is 19.2 Å². The first-order chi connectivity index (χ1) is 10.3. The maximum atomic E-state index is 12.5. The Morgan fingerprint density at radius 1 is 1.41 bits per heavy atom. The van der Waals surface area contributed by atoms with Crippen LogP contribution in [0.3, 0.4) is 0 Å². The molecule has 118 valence electrons. The van der Waals surface area contributed by atoms with Crippen molar-refractivity contribution in [1.82, 2.24) is 9.78 Å². The number of benzene rings is 1. The van der Waals surface area contributed by atoms with E-state index in [1.807, 2.05) is 0 Å². The summed E-state index contributed by atoms with van der Waals surface area (Å²) in [6, 6.07) is 2.80. The van der Waals surface area contributed by atoms with Crippen LogP contribution in [0.5, 0.6) is 0 Å². The van der Waals surface area contributed by atoms with E-state index in [0.717, 1.165) is 21.8 Å². The molecule has 2 rings (SSSR count). The fourth-order valence-electron chi connectivity index (χ4n) is 1.68. The highest BCUT2D eigenvalue weighted by Gasteiger charge is 2.30. The number of nitrogens with zero attached hydrogens (tertiary/aromatic N) is 2.